The van der Waals surface area contributed by atoms with Gasteiger partial charge >= 0.3 is 0 Å². The largest absolute Gasteiger partial charge is 0.353 e. The zero-order valence-electron chi connectivity index (χ0n) is 16.4. The predicted octanol–water partition coefficient (Wildman–Crippen LogP) is 3.38. The second kappa shape index (κ2) is 6.23. The van der Waals surface area contributed by atoms with Crippen LogP contribution in [0, 0.1) is 5.41 Å². The highest BCUT2D eigenvalue weighted by atomic mass is 16.2. The van der Waals surface area contributed by atoms with Crippen LogP contribution in [0.2, 0.25) is 0 Å². The number of carbonyl (C=O) groups is 1. The third kappa shape index (κ3) is 3.14. The molecule has 4 N–H and O–H groups in total. The zero-order valence-corrected chi connectivity index (χ0v) is 16.4. The van der Waals surface area contributed by atoms with Crippen molar-refractivity contribution in [3.63, 3.8) is 0 Å². The third-order valence-corrected chi connectivity index (χ3v) is 5.63. The van der Waals surface area contributed by atoms with E-state index in [1.165, 1.54) is 17.7 Å². The molecule has 0 spiro atoms. The van der Waals surface area contributed by atoms with Crippen LogP contribution in [0.4, 0.5) is 5.69 Å². The minimum Gasteiger partial charge on any atom is -0.353 e. The number of H-pyrrole nitrogens is 2. The van der Waals surface area contributed by atoms with Crippen LogP contribution in [-0.4, -0.2) is 34.2 Å². The average Bonchev–Trinajstić information content (AvgIpc) is 3.21. The van der Waals surface area contributed by atoms with Gasteiger partial charge in [0.05, 0.1) is 11.7 Å². The minimum absolute atomic E-state index is 0.106. The fraction of sp³-hybridized carbons (Fsp3) is 0.429. The van der Waals surface area contributed by atoms with Crippen LogP contribution < -0.4 is 10.6 Å². The number of carbonyl (C=O) groups excluding carboxylic acids is 1. The maximum atomic E-state index is 12.2. The molecule has 0 radical (unpaired) electrons. The standard InChI is InChI=1S/C21H27N5O/c1-12(22)20(27)26(4)14-6-5-13-9-17(23-16(13)10-14)19-15-7-8-21(2,3)11-18(15)24-25-19/h5-6,9-10,12,23H,7-8,11,22H2,1-4H3,(H,24,25). The van der Waals surface area contributed by atoms with Gasteiger partial charge in [-0.15, -0.1) is 0 Å². The van der Waals surface area contributed by atoms with Gasteiger partial charge in [-0.3, -0.25) is 9.89 Å². The Bertz CT molecular complexity index is 1010. The van der Waals surface area contributed by atoms with Gasteiger partial charge in [-0.1, -0.05) is 19.9 Å². The van der Waals surface area contributed by atoms with Crippen molar-refractivity contribution in [1.29, 1.82) is 0 Å². The van der Waals surface area contributed by atoms with Gasteiger partial charge in [0.1, 0.15) is 5.69 Å². The van der Waals surface area contributed by atoms with E-state index in [4.69, 9.17) is 5.73 Å². The van der Waals surface area contributed by atoms with E-state index in [9.17, 15) is 4.79 Å². The van der Waals surface area contributed by atoms with Gasteiger partial charge in [0.2, 0.25) is 5.91 Å². The molecule has 1 amide bonds. The Morgan fingerprint density at radius 1 is 1.33 bits per heavy atom. The fourth-order valence-electron chi connectivity index (χ4n) is 3.95. The summed E-state index contributed by atoms with van der Waals surface area (Å²) in [5, 5.41) is 8.95. The molecule has 0 aliphatic heterocycles. The number of aromatic nitrogens is 3. The summed E-state index contributed by atoms with van der Waals surface area (Å²) in [4.78, 5) is 17.2. The lowest BCUT2D eigenvalue weighted by Gasteiger charge is -2.28. The van der Waals surface area contributed by atoms with Gasteiger partial charge in [0, 0.05) is 34.9 Å². The Kier molecular flexibility index (Phi) is 4.11. The number of aromatic amines is 2. The average molecular weight is 365 g/mol. The van der Waals surface area contributed by atoms with Crippen LogP contribution in [0.5, 0.6) is 0 Å². The smallest absolute Gasteiger partial charge is 0.243 e. The lowest BCUT2D eigenvalue weighted by molar-refractivity contribution is -0.119. The molecule has 2 aromatic heterocycles. The summed E-state index contributed by atoms with van der Waals surface area (Å²) in [6.45, 7) is 6.31. The van der Waals surface area contributed by atoms with E-state index in [2.05, 4.69) is 35.1 Å². The minimum atomic E-state index is -0.523. The molecule has 6 nitrogen and oxygen atoms in total. The van der Waals surface area contributed by atoms with Crippen molar-refractivity contribution >= 4 is 22.5 Å². The van der Waals surface area contributed by atoms with E-state index >= 15 is 0 Å². The molecule has 1 aromatic carbocycles. The summed E-state index contributed by atoms with van der Waals surface area (Å²) in [6.07, 6.45) is 3.24. The number of nitrogens with one attached hydrogen (secondary N) is 2. The molecule has 3 aromatic rings. The number of amides is 1. The molecule has 27 heavy (non-hydrogen) atoms. The van der Waals surface area contributed by atoms with E-state index in [0.717, 1.165) is 40.8 Å². The van der Waals surface area contributed by atoms with Crippen molar-refractivity contribution < 1.29 is 4.79 Å². The van der Waals surface area contributed by atoms with Gasteiger partial charge in [0.25, 0.3) is 0 Å². The highest BCUT2D eigenvalue weighted by Crippen LogP contribution is 2.38. The van der Waals surface area contributed by atoms with Gasteiger partial charge in [-0.2, -0.15) is 5.10 Å². The lowest BCUT2D eigenvalue weighted by atomic mass is 9.76. The number of anilines is 1. The Balaban J connectivity index is 1.69. The number of benzene rings is 1. The zero-order chi connectivity index (χ0) is 19.3. The van der Waals surface area contributed by atoms with Crippen LogP contribution in [0.15, 0.2) is 24.3 Å². The van der Waals surface area contributed by atoms with E-state index < -0.39 is 6.04 Å². The molecule has 1 atom stereocenters. The van der Waals surface area contributed by atoms with Crippen LogP contribution >= 0.6 is 0 Å². The molecule has 1 unspecified atom stereocenters. The molecule has 0 saturated heterocycles. The summed E-state index contributed by atoms with van der Waals surface area (Å²) < 4.78 is 0. The van der Waals surface area contributed by atoms with Gasteiger partial charge in [0.15, 0.2) is 0 Å². The lowest BCUT2D eigenvalue weighted by Crippen LogP contribution is -2.39. The highest BCUT2D eigenvalue weighted by molar-refractivity contribution is 5.98. The Hall–Kier alpha value is -2.60. The SMILES string of the molecule is CC(N)C(=O)N(C)c1ccc2cc(-c3n[nH]c4c3CCC(C)(C)C4)[nH]c2c1. The molecule has 4 rings (SSSR count). The monoisotopic (exact) mass is 365 g/mol. The van der Waals surface area contributed by atoms with E-state index in [1.54, 1.807) is 18.9 Å². The summed E-state index contributed by atoms with van der Waals surface area (Å²) in [7, 11) is 1.75. The summed E-state index contributed by atoms with van der Waals surface area (Å²) >= 11 is 0. The number of likely N-dealkylation sites (N-methyl/N-ethyl adjacent to an activating group) is 1. The molecule has 142 valence electrons. The normalized spacial score (nSPS) is 16.9. The van der Waals surface area contributed by atoms with Gasteiger partial charge in [-0.25, -0.2) is 0 Å². The van der Waals surface area contributed by atoms with Crippen molar-refractivity contribution in [2.75, 3.05) is 11.9 Å². The molecule has 6 heteroatoms. The first-order valence-electron chi connectivity index (χ1n) is 9.47. The van der Waals surface area contributed by atoms with Crippen LogP contribution in [0.25, 0.3) is 22.3 Å². The van der Waals surface area contributed by atoms with Crippen molar-refractivity contribution in [3.8, 4) is 11.4 Å². The first-order chi connectivity index (χ1) is 12.7. The number of hydrogen-bond donors (Lipinski definition) is 3. The van der Waals surface area contributed by atoms with Crippen LogP contribution in [0.1, 0.15) is 38.4 Å². The molecule has 1 aliphatic carbocycles. The quantitative estimate of drug-likeness (QED) is 0.664. The molecule has 2 heterocycles. The van der Waals surface area contributed by atoms with Crippen molar-refractivity contribution in [1.82, 2.24) is 15.2 Å². The van der Waals surface area contributed by atoms with E-state index in [0.29, 0.717) is 5.41 Å². The van der Waals surface area contributed by atoms with Crippen LogP contribution in [0.3, 0.4) is 0 Å². The molecular formula is C21H27N5O. The summed E-state index contributed by atoms with van der Waals surface area (Å²) in [6, 6.07) is 7.56. The fourth-order valence-corrected chi connectivity index (χ4v) is 3.95. The Morgan fingerprint density at radius 2 is 2.11 bits per heavy atom. The molecule has 0 bridgehead atoms. The highest BCUT2D eigenvalue weighted by Gasteiger charge is 2.29. The van der Waals surface area contributed by atoms with Gasteiger partial charge in [-0.05, 0) is 49.8 Å². The Labute approximate surface area is 159 Å². The molecular weight excluding hydrogens is 338 g/mol. The number of nitrogens with two attached hydrogens (primary N) is 1. The number of rotatable bonds is 3. The van der Waals surface area contributed by atoms with E-state index in [-0.39, 0.29) is 5.91 Å². The van der Waals surface area contributed by atoms with Crippen molar-refractivity contribution in [2.24, 2.45) is 11.1 Å². The van der Waals surface area contributed by atoms with E-state index in [1.807, 2.05) is 18.2 Å². The maximum Gasteiger partial charge on any atom is 0.243 e. The number of nitrogens with zero attached hydrogens (tertiary/aromatic N) is 2. The molecule has 1 aliphatic rings. The number of hydrogen-bond acceptors (Lipinski definition) is 3. The van der Waals surface area contributed by atoms with Gasteiger partial charge < -0.3 is 15.6 Å². The van der Waals surface area contributed by atoms with Crippen molar-refractivity contribution in [3.05, 3.63) is 35.5 Å². The summed E-state index contributed by atoms with van der Waals surface area (Å²) in [5.74, 6) is -0.106. The second-order valence-electron chi connectivity index (χ2n) is 8.51. The summed E-state index contributed by atoms with van der Waals surface area (Å²) in [5.41, 5.74) is 12.5. The first-order valence-corrected chi connectivity index (χ1v) is 9.47. The van der Waals surface area contributed by atoms with Crippen molar-refractivity contribution in [2.45, 2.75) is 46.1 Å². The van der Waals surface area contributed by atoms with Crippen LogP contribution in [-0.2, 0) is 17.6 Å². The predicted molar refractivity (Wildman–Crippen MR) is 109 cm³/mol. The third-order valence-electron chi connectivity index (χ3n) is 5.63. The Morgan fingerprint density at radius 3 is 2.85 bits per heavy atom. The maximum absolute atomic E-state index is 12.2. The molecule has 0 saturated carbocycles. The second-order valence-corrected chi connectivity index (χ2v) is 8.51. The number of fused-ring (bicyclic) bond motifs is 2. The molecule has 0 fully saturated rings. The first kappa shape index (κ1) is 17.8. The topological polar surface area (TPSA) is 90.8 Å².